The van der Waals surface area contributed by atoms with Gasteiger partial charge in [-0.1, -0.05) is 25.0 Å². The van der Waals surface area contributed by atoms with E-state index in [2.05, 4.69) is 20.7 Å². The first kappa shape index (κ1) is 25.1. The summed E-state index contributed by atoms with van der Waals surface area (Å²) >= 11 is 0. The lowest BCUT2D eigenvalue weighted by Crippen LogP contribution is -2.49. The van der Waals surface area contributed by atoms with Crippen molar-refractivity contribution in [2.24, 2.45) is 0 Å². The molecule has 2 amide bonds. The minimum atomic E-state index is -0.950. The molecule has 1 aromatic carbocycles. The van der Waals surface area contributed by atoms with Gasteiger partial charge in [0.1, 0.15) is 24.2 Å². The number of carbonyl (C=O) groups excluding carboxylic acids is 2. The lowest BCUT2D eigenvalue weighted by molar-refractivity contribution is -0.143. The Morgan fingerprint density at radius 3 is 2.59 bits per heavy atom. The Morgan fingerprint density at radius 1 is 1.14 bits per heavy atom. The molecule has 10 nitrogen and oxygen atoms in total. The number of halogens is 1. The molecule has 2 fully saturated rings. The number of nitrogens with zero attached hydrogens (tertiary/aromatic N) is 5. The minimum Gasteiger partial charge on any atom is -0.458 e. The second-order valence-electron chi connectivity index (χ2n) is 9.68. The second-order valence-corrected chi connectivity index (χ2v) is 9.68. The van der Waals surface area contributed by atoms with Crippen molar-refractivity contribution in [1.82, 2.24) is 30.4 Å². The number of hydrogen-bond donors (Lipinski definition) is 1. The van der Waals surface area contributed by atoms with Gasteiger partial charge >= 0.3 is 0 Å². The third kappa shape index (κ3) is 6.04. The van der Waals surface area contributed by atoms with Gasteiger partial charge in [0.05, 0.1) is 6.10 Å². The predicted molar refractivity (Wildman–Crippen MR) is 130 cm³/mol. The highest BCUT2D eigenvalue weighted by atomic mass is 19.1. The average Bonchev–Trinajstić information content (AvgIpc) is 3.69. The first-order chi connectivity index (χ1) is 18.0. The zero-order valence-electron chi connectivity index (χ0n) is 20.8. The molecule has 11 heteroatoms. The summed E-state index contributed by atoms with van der Waals surface area (Å²) in [7, 11) is 0. The molecule has 3 aromatic rings. The van der Waals surface area contributed by atoms with Crippen molar-refractivity contribution < 1.29 is 23.1 Å². The molecule has 1 aliphatic carbocycles. The van der Waals surface area contributed by atoms with Gasteiger partial charge < -0.3 is 19.4 Å². The van der Waals surface area contributed by atoms with Crippen LogP contribution in [0.4, 0.5) is 4.39 Å². The number of benzene rings is 1. The number of carbonyl (C=O) groups is 2. The van der Waals surface area contributed by atoms with Gasteiger partial charge in [0.15, 0.2) is 5.76 Å². The Balaban J connectivity index is 1.42. The van der Waals surface area contributed by atoms with E-state index in [1.54, 1.807) is 24.3 Å². The SMILES string of the molecule is Cc1ccc(-c2nnn(CC(=O)N(C[C@@H]3CCCO3)[C@@H](C(=O)NC3CCCC3)c3ccc(F)cc3)n2)o1. The van der Waals surface area contributed by atoms with E-state index < -0.39 is 11.9 Å². The molecule has 5 rings (SSSR count). The average molecular weight is 511 g/mol. The van der Waals surface area contributed by atoms with E-state index in [9.17, 15) is 14.0 Å². The van der Waals surface area contributed by atoms with Crippen molar-refractivity contribution >= 4 is 11.8 Å². The van der Waals surface area contributed by atoms with Gasteiger partial charge in [0, 0.05) is 19.2 Å². The number of rotatable bonds is 9. The molecule has 1 N–H and O–H groups in total. The van der Waals surface area contributed by atoms with Crippen LogP contribution in [0.15, 0.2) is 40.8 Å². The van der Waals surface area contributed by atoms with Crippen LogP contribution in [0.3, 0.4) is 0 Å². The fraction of sp³-hybridized carbons (Fsp3) is 0.500. The van der Waals surface area contributed by atoms with E-state index >= 15 is 0 Å². The van der Waals surface area contributed by atoms with Gasteiger partial charge in [0.2, 0.25) is 17.6 Å². The number of tetrazole rings is 1. The summed E-state index contributed by atoms with van der Waals surface area (Å²) in [5.41, 5.74) is 0.529. The van der Waals surface area contributed by atoms with Crippen molar-refractivity contribution in [1.29, 1.82) is 0 Å². The first-order valence-electron chi connectivity index (χ1n) is 12.8. The number of aryl methyl sites for hydroxylation is 1. The van der Waals surface area contributed by atoms with Crippen molar-refractivity contribution in [3.05, 3.63) is 53.5 Å². The molecular formula is C26H31FN6O4. The van der Waals surface area contributed by atoms with Crippen molar-refractivity contribution in [3.63, 3.8) is 0 Å². The van der Waals surface area contributed by atoms with Crippen LogP contribution in [-0.2, 0) is 20.9 Å². The molecule has 2 aromatic heterocycles. The van der Waals surface area contributed by atoms with Gasteiger partial charge in [0.25, 0.3) is 0 Å². The second kappa shape index (κ2) is 11.2. The molecule has 0 unspecified atom stereocenters. The zero-order valence-corrected chi connectivity index (χ0v) is 20.8. The largest absolute Gasteiger partial charge is 0.458 e. The maximum absolute atomic E-state index is 13.8. The first-order valence-corrected chi connectivity index (χ1v) is 12.8. The quantitative estimate of drug-likeness (QED) is 0.470. The number of furan rings is 1. The Hall–Kier alpha value is -3.60. The summed E-state index contributed by atoms with van der Waals surface area (Å²) in [6.45, 7) is 2.41. The number of aromatic nitrogens is 4. The zero-order chi connectivity index (χ0) is 25.8. The Labute approximate surface area is 214 Å². The van der Waals surface area contributed by atoms with E-state index in [0.717, 1.165) is 38.5 Å². The van der Waals surface area contributed by atoms with E-state index in [1.165, 1.54) is 21.8 Å². The third-order valence-corrected chi connectivity index (χ3v) is 6.88. The number of nitrogens with one attached hydrogen (secondary N) is 1. The molecule has 1 saturated carbocycles. The predicted octanol–water partition coefficient (Wildman–Crippen LogP) is 3.19. The van der Waals surface area contributed by atoms with Crippen LogP contribution >= 0.6 is 0 Å². The molecule has 37 heavy (non-hydrogen) atoms. The minimum absolute atomic E-state index is 0.0615. The maximum atomic E-state index is 13.8. The number of ether oxygens (including phenoxy) is 1. The fourth-order valence-electron chi connectivity index (χ4n) is 5.00. The molecule has 0 radical (unpaired) electrons. The van der Waals surface area contributed by atoms with Gasteiger partial charge in [-0.3, -0.25) is 9.59 Å². The standard InChI is InChI=1S/C26H31FN6O4/c1-17-8-13-22(37-17)25-29-31-33(30-25)16-23(34)32(15-21-7-4-14-36-21)24(18-9-11-19(27)12-10-18)26(35)28-20-5-2-3-6-20/h8-13,20-21,24H,2-7,14-16H2,1H3,(H,28,35)/t21-,24+/m0/s1. The van der Waals surface area contributed by atoms with E-state index in [4.69, 9.17) is 9.15 Å². The summed E-state index contributed by atoms with van der Waals surface area (Å²) in [4.78, 5) is 30.1. The maximum Gasteiger partial charge on any atom is 0.247 e. The highest BCUT2D eigenvalue weighted by molar-refractivity contribution is 5.89. The summed E-state index contributed by atoms with van der Waals surface area (Å²) in [6, 6.07) is 8.35. The molecular weight excluding hydrogens is 479 g/mol. The van der Waals surface area contributed by atoms with Crippen LogP contribution in [0.2, 0.25) is 0 Å². The van der Waals surface area contributed by atoms with Crippen LogP contribution in [-0.4, -0.2) is 62.2 Å². The number of hydrogen-bond acceptors (Lipinski definition) is 7. The molecule has 2 atom stereocenters. The summed E-state index contributed by atoms with van der Waals surface area (Å²) < 4.78 is 25.1. The van der Waals surface area contributed by atoms with E-state index in [1.807, 2.05) is 6.92 Å². The Bertz CT molecular complexity index is 1210. The third-order valence-electron chi connectivity index (χ3n) is 6.88. The van der Waals surface area contributed by atoms with Crippen LogP contribution in [0.1, 0.15) is 55.9 Å². The van der Waals surface area contributed by atoms with E-state index in [-0.39, 0.29) is 42.9 Å². The molecule has 1 saturated heterocycles. The smallest absolute Gasteiger partial charge is 0.247 e. The van der Waals surface area contributed by atoms with Gasteiger partial charge in [-0.15, -0.1) is 10.2 Å². The van der Waals surface area contributed by atoms with Gasteiger partial charge in [-0.2, -0.15) is 4.80 Å². The monoisotopic (exact) mass is 510 g/mol. The highest BCUT2D eigenvalue weighted by Gasteiger charge is 2.35. The molecule has 1 aliphatic heterocycles. The molecule has 0 bridgehead atoms. The van der Waals surface area contributed by atoms with Gasteiger partial charge in [-0.25, -0.2) is 4.39 Å². The van der Waals surface area contributed by atoms with Gasteiger partial charge in [-0.05, 0) is 67.6 Å². The number of amides is 2. The topological polar surface area (TPSA) is 115 Å². The van der Waals surface area contributed by atoms with Crippen LogP contribution in [0.25, 0.3) is 11.6 Å². The molecule has 3 heterocycles. The van der Waals surface area contributed by atoms with E-state index in [0.29, 0.717) is 23.7 Å². The Kier molecular flexibility index (Phi) is 7.59. The molecule has 0 spiro atoms. The summed E-state index contributed by atoms with van der Waals surface area (Å²) in [6.07, 6.45) is 5.39. The summed E-state index contributed by atoms with van der Waals surface area (Å²) in [5, 5.41) is 15.4. The van der Waals surface area contributed by atoms with Crippen LogP contribution in [0.5, 0.6) is 0 Å². The fourth-order valence-corrected chi connectivity index (χ4v) is 5.00. The highest BCUT2D eigenvalue weighted by Crippen LogP contribution is 2.27. The molecule has 2 aliphatic rings. The molecule has 196 valence electrons. The lowest BCUT2D eigenvalue weighted by Gasteiger charge is -2.33. The van der Waals surface area contributed by atoms with Crippen LogP contribution in [0, 0.1) is 12.7 Å². The summed E-state index contributed by atoms with van der Waals surface area (Å²) in [5.74, 6) is 0.353. The normalized spacial score (nSPS) is 18.7. The van der Waals surface area contributed by atoms with Crippen molar-refractivity contribution in [2.75, 3.05) is 13.2 Å². The van der Waals surface area contributed by atoms with Crippen molar-refractivity contribution in [2.45, 2.75) is 70.2 Å². The Morgan fingerprint density at radius 2 is 1.92 bits per heavy atom. The lowest BCUT2D eigenvalue weighted by atomic mass is 10.0. The van der Waals surface area contributed by atoms with Crippen molar-refractivity contribution in [3.8, 4) is 11.6 Å². The van der Waals surface area contributed by atoms with Crippen LogP contribution < -0.4 is 5.32 Å².